The van der Waals surface area contributed by atoms with Crippen LogP contribution in [0.4, 0.5) is 5.82 Å². The molecule has 1 aliphatic rings. The third kappa shape index (κ3) is 3.28. The monoisotopic (exact) mass is 383 g/mol. The molecule has 8 nitrogen and oxygen atoms in total. The molecule has 0 aliphatic carbocycles. The molecule has 0 unspecified atom stereocenters. The predicted octanol–water partition coefficient (Wildman–Crippen LogP) is 2.56. The molecule has 1 aromatic carbocycles. The average Bonchev–Trinajstić information content (AvgIpc) is 3.23. The smallest absolute Gasteiger partial charge is 0.185 e. The van der Waals surface area contributed by atoms with Crippen molar-refractivity contribution < 1.29 is 4.74 Å². The van der Waals surface area contributed by atoms with E-state index in [4.69, 9.17) is 15.1 Å². The average molecular weight is 383 g/mol. The first-order valence-corrected chi connectivity index (χ1v) is 9.34. The quantitative estimate of drug-likeness (QED) is 0.537. The fraction of sp³-hybridized carbons (Fsp3) is 0.190. The minimum atomic E-state index is 0.568. The Bertz CT molecular complexity index is 1200. The van der Waals surface area contributed by atoms with E-state index in [0.717, 1.165) is 48.9 Å². The molecule has 8 heteroatoms. The number of nitrogens with zero attached hydrogens (tertiary/aromatic N) is 7. The molecule has 0 N–H and O–H groups in total. The molecule has 142 valence electrons. The lowest BCUT2D eigenvalue weighted by molar-refractivity contribution is 0.122. The Balaban J connectivity index is 1.50. The van der Waals surface area contributed by atoms with E-state index in [1.807, 2.05) is 42.6 Å². The Morgan fingerprint density at radius 2 is 1.86 bits per heavy atom. The molecular formula is C21H17N7O. The fourth-order valence-corrected chi connectivity index (χ4v) is 3.37. The Hall–Kier alpha value is -3.83. The summed E-state index contributed by atoms with van der Waals surface area (Å²) in [5, 5.41) is 22.3. The van der Waals surface area contributed by atoms with Gasteiger partial charge in [0.25, 0.3) is 0 Å². The molecule has 0 radical (unpaired) electrons. The number of pyridine rings is 1. The summed E-state index contributed by atoms with van der Waals surface area (Å²) in [4.78, 5) is 6.82. The summed E-state index contributed by atoms with van der Waals surface area (Å²) in [7, 11) is 0. The maximum absolute atomic E-state index is 9.16. The van der Waals surface area contributed by atoms with Gasteiger partial charge in [0.15, 0.2) is 11.5 Å². The van der Waals surface area contributed by atoms with Crippen LogP contribution >= 0.6 is 0 Å². The molecule has 0 amide bonds. The zero-order valence-corrected chi connectivity index (χ0v) is 15.6. The highest BCUT2D eigenvalue weighted by atomic mass is 16.5. The molecule has 0 atom stereocenters. The zero-order chi connectivity index (χ0) is 19.6. The van der Waals surface area contributed by atoms with E-state index in [2.05, 4.69) is 26.2 Å². The van der Waals surface area contributed by atoms with Crippen LogP contribution in [0.3, 0.4) is 0 Å². The molecule has 29 heavy (non-hydrogen) atoms. The molecular weight excluding hydrogens is 366 g/mol. The number of ether oxygens (including phenoxy) is 1. The van der Waals surface area contributed by atoms with Gasteiger partial charge in [-0.3, -0.25) is 0 Å². The highest BCUT2D eigenvalue weighted by molar-refractivity contribution is 5.64. The van der Waals surface area contributed by atoms with Crippen LogP contribution in [-0.4, -0.2) is 51.1 Å². The van der Waals surface area contributed by atoms with Gasteiger partial charge < -0.3 is 9.64 Å². The minimum Gasteiger partial charge on any atom is -0.378 e. The number of rotatable bonds is 3. The third-order valence-electron chi connectivity index (χ3n) is 4.89. The van der Waals surface area contributed by atoms with E-state index >= 15 is 0 Å². The van der Waals surface area contributed by atoms with Crippen LogP contribution in [0.25, 0.3) is 28.3 Å². The van der Waals surface area contributed by atoms with Gasteiger partial charge in [-0.15, -0.1) is 10.2 Å². The first-order chi connectivity index (χ1) is 14.3. The standard InChI is InChI=1S/C21H17N7O/c22-13-15-2-1-3-16(12-15)21-25-24-20-7-5-18(26-28(20)21)17-4-6-19(23-14-17)27-8-10-29-11-9-27/h1-7,12,14H,8-11H2. The van der Waals surface area contributed by atoms with Crippen LogP contribution in [0.2, 0.25) is 0 Å². The number of fused-ring (bicyclic) bond motifs is 1. The summed E-state index contributed by atoms with van der Waals surface area (Å²) in [5.74, 6) is 1.54. The van der Waals surface area contributed by atoms with Crippen LogP contribution < -0.4 is 4.90 Å². The van der Waals surface area contributed by atoms with Gasteiger partial charge in [0, 0.05) is 30.4 Å². The number of anilines is 1. The maximum Gasteiger partial charge on any atom is 0.185 e. The van der Waals surface area contributed by atoms with Crippen molar-refractivity contribution >= 4 is 11.5 Å². The van der Waals surface area contributed by atoms with E-state index in [-0.39, 0.29) is 0 Å². The van der Waals surface area contributed by atoms with Crippen LogP contribution in [0.1, 0.15) is 5.56 Å². The fourth-order valence-electron chi connectivity index (χ4n) is 3.37. The van der Waals surface area contributed by atoms with Crippen molar-refractivity contribution in [1.82, 2.24) is 24.8 Å². The maximum atomic E-state index is 9.16. The number of hydrogen-bond acceptors (Lipinski definition) is 7. The lowest BCUT2D eigenvalue weighted by Crippen LogP contribution is -2.36. The number of benzene rings is 1. The number of nitriles is 1. The third-order valence-corrected chi connectivity index (χ3v) is 4.89. The van der Waals surface area contributed by atoms with E-state index in [9.17, 15) is 0 Å². The van der Waals surface area contributed by atoms with E-state index in [0.29, 0.717) is 17.0 Å². The molecule has 1 fully saturated rings. The zero-order valence-electron chi connectivity index (χ0n) is 15.6. The summed E-state index contributed by atoms with van der Waals surface area (Å²) in [6.07, 6.45) is 1.83. The molecule has 0 bridgehead atoms. The van der Waals surface area contributed by atoms with Crippen LogP contribution in [0.15, 0.2) is 54.7 Å². The van der Waals surface area contributed by atoms with Crippen molar-refractivity contribution in [1.29, 1.82) is 5.26 Å². The molecule has 4 aromatic rings. The summed E-state index contributed by atoms with van der Waals surface area (Å²) >= 11 is 0. The second-order valence-corrected chi connectivity index (χ2v) is 6.71. The number of aromatic nitrogens is 5. The van der Waals surface area contributed by atoms with Crippen LogP contribution in [0, 0.1) is 11.3 Å². The first kappa shape index (κ1) is 17.3. The van der Waals surface area contributed by atoms with Crippen molar-refractivity contribution in [3.05, 3.63) is 60.3 Å². The normalized spacial score (nSPS) is 14.1. The largest absolute Gasteiger partial charge is 0.378 e. The summed E-state index contributed by atoms with van der Waals surface area (Å²) in [6.45, 7) is 3.15. The SMILES string of the molecule is N#Cc1cccc(-c2nnc3ccc(-c4ccc(N5CCOCC5)nc4)nn23)c1. The lowest BCUT2D eigenvalue weighted by Gasteiger charge is -2.27. The van der Waals surface area contributed by atoms with Crippen molar-refractivity contribution in [2.24, 2.45) is 0 Å². The van der Waals surface area contributed by atoms with Crippen molar-refractivity contribution in [2.75, 3.05) is 31.2 Å². The molecule has 0 saturated carbocycles. The molecule has 1 aliphatic heterocycles. The van der Waals surface area contributed by atoms with Gasteiger partial charge in [0.1, 0.15) is 5.82 Å². The Morgan fingerprint density at radius 3 is 2.66 bits per heavy atom. The number of morpholine rings is 1. The van der Waals surface area contributed by atoms with Gasteiger partial charge >= 0.3 is 0 Å². The van der Waals surface area contributed by atoms with Gasteiger partial charge in [-0.2, -0.15) is 14.9 Å². The Kier molecular flexibility index (Phi) is 4.35. The molecule has 4 heterocycles. The summed E-state index contributed by atoms with van der Waals surface area (Å²) < 4.78 is 7.09. The van der Waals surface area contributed by atoms with Gasteiger partial charge in [0.2, 0.25) is 0 Å². The van der Waals surface area contributed by atoms with Crippen molar-refractivity contribution in [2.45, 2.75) is 0 Å². The van der Waals surface area contributed by atoms with Gasteiger partial charge in [-0.1, -0.05) is 12.1 Å². The van der Waals surface area contributed by atoms with Crippen molar-refractivity contribution in [3.8, 4) is 28.7 Å². The Morgan fingerprint density at radius 1 is 0.966 bits per heavy atom. The topological polar surface area (TPSA) is 92.2 Å². The molecule has 0 spiro atoms. The highest BCUT2D eigenvalue weighted by Gasteiger charge is 2.14. The summed E-state index contributed by atoms with van der Waals surface area (Å²) in [6, 6.07) is 17.2. The van der Waals surface area contributed by atoms with Gasteiger partial charge in [0.05, 0.1) is 30.5 Å². The Labute approximate surface area is 167 Å². The second-order valence-electron chi connectivity index (χ2n) is 6.71. The highest BCUT2D eigenvalue weighted by Crippen LogP contribution is 2.23. The first-order valence-electron chi connectivity index (χ1n) is 9.34. The molecule has 5 rings (SSSR count). The second kappa shape index (κ2) is 7.30. The molecule has 1 saturated heterocycles. The van der Waals surface area contributed by atoms with Crippen LogP contribution in [-0.2, 0) is 4.74 Å². The van der Waals surface area contributed by atoms with Gasteiger partial charge in [-0.05, 0) is 36.4 Å². The van der Waals surface area contributed by atoms with E-state index in [1.54, 1.807) is 16.6 Å². The van der Waals surface area contributed by atoms with Gasteiger partial charge in [-0.25, -0.2) is 4.98 Å². The van der Waals surface area contributed by atoms with E-state index < -0.39 is 0 Å². The van der Waals surface area contributed by atoms with Crippen LogP contribution in [0.5, 0.6) is 0 Å². The van der Waals surface area contributed by atoms with E-state index in [1.165, 1.54) is 0 Å². The minimum absolute atomic E-state index is 0.568. The van der Waals surface area contributed by atoms with Crippen molar-refractivity contribution in [3.63, 3.8) is 0 Å². The predicted molar refractivity (Wildman–Crippen MR) is 107 cm³/mol. The number of hydrogen-bond donors (Lipinski definition) is 0. The lowest BCUT2D eigenvalue weighted by atomic mass is 10.1. The molecule has 3 aromatic heterocycles. The summed E-state index contributed by atoms with van der Waals surface area (Å²) in [5.41, 5.74) is 3.69.